The second kappa shape index (κ2) is 10.1. The van der Waals surface area contributed by atoms with Gasteiger partial charge in [0.1, 0.15) is 12.3 Å². The predicted octanol–water partition coefficient (Wildman–Crippen LogP) is 2.76. The van der Waals surface area contributed by atoms with Crippen molar-refractivity contribution in [3.05, 3.63) is 34.4 Å². The summed E-state index contributed by atoms with van der Waals surface area (Å²) in [5.41, 5.74) is -0.0717. The predicted molar refractivity (Wildman–Crippen MR) is 85.9 cm³/mol. The Morgan fingerprint density at radius 2 is 1.96 bits per heavy atom. The normalized spacial score (nSPS) is 12.0. The molecule has 1 rings (SSSR count). The topological polar surface area (TPSA) is 111 Å². The van der Waals surface area contributed by atoms with Crippen molar-refractivity contribution in [2.45, 2.75) is 26.7 Å². The fourth-order valence-electron chi connectivity index (χ4n) is 1.68. The number of rotatable bonds is 10. The molecule has 1 unspecified atom stereocenters. The molecule has 9 heteroatoms. The Morgan fingerprint density at radius 1 is 1.35 bits per heavy atom. The van der Waals surface area contributed by atoms with Crippen molar-refractivity contribution >= 4 is 20.2 Å². The second-order valence-electron chi connectivity index (χ2n) is 4.82. The van der Waals surface area contributed by atoms with E-state index in [1.165, 1.54) is 24.3 Å². The highest BCUT2D eigenvalue weighted by atomic mass is 31.2. The lowest BCUT2D eigenvalue weighted by Crippen LogP contribution is -2.24. The van der Waals surface area contributed by atoms with E-state index in [9.17, 15) is 19.8 Å². The van der Waals surface area contributed by atoms with Crippen LogP contribution in [0, 0.1) is 16.0 Å². The molecule has 0 amide bonds. The zero-order chi connectivity index (χ0) is 17.2. The van der Waals surface area contributed by atoms with Crippen LogP contribution in [0.3, 0.4) is 0 Å². The van der Waals surface area contributed by atoms with Crippen molar-refractivity contribution in [1.82, 2.24) is 5.09 Å². The van der Waals surface area contributed by atoms with E-state index in [-0.39, 0.29) is 18.0 Å². The number of hydrogen-bond donors (Lipinski definition) is 2. The highest BCUT2D eigenvalue weighted by molar-refractivity contribution is 7.44. The molecule has 0 aliphatic carbocycles. The van der Waals surface area contributed by atoms with Gasteiger partial charge >= 0.3 is 14.5 Å². The Labute approximate surface area is 135 Å². The molecule has 0 spiro atoms. The first-order valence-corrected chi connectivity index (χ1v) is 8.48. The van der Waals surface area contributed by atoms with Gasteiger partial charge in [-0.3, -0.25) is 14.9 Å². The number of esters is 1. The zero-order valence-corrected chi connectivity index (χ0v) is 14.0. The summed E-state index contributed by atoms with van der Waals surface area (Å²) in [5.74, 6) is 0.138. The van der Waals surface area contributed by atoms with Gasteiger partial charge in [0.2, 0.25) is 0 Å². The second-order valence-corrected chi connectivity index (χ2v) is 5.86. The van der Waals surface area contributed by atoms with Gasteiger partial charge in [0.15, 0.2) is 0 Å². The third kappa shape index (κ3) is 7.36. The number of non-ortho nitro benzene ring substituents is 1. The Hall–Kier alpha value is -1.76. The van der Waals surface area contributed by atoms with Gasteiger partial charge in [0.25, 0.3) is 5.69 Å². The Balaban J connectivity index is 2.32. The molecule has 0 saturated carbocycles. The Morgan fingerprint density at radius 3 is 2.48 bits per heavy atom. The van der Waals surface area contributed by atoms with Crippen LogP contribution in [0.1, 0.15) is 26.7 Å². The van der Waals surface area contributed by atoms with Gasteiger partial charge in [0.05, 0.1) is 11.5 Å². The minimum Gasteiger partial charge on any atom is -0.464 e. The molecule has 0 bridgehead atoms. The monoisotopic (exact) mass is 344 g/mol. The maximum absolute atomic E-state index is 11.5. The first-order valence-electron chi connectivity index (χ1n) is 7.26. The Bertz CT molecular complexity index is 506. The van der Waals surface area contributed by atoms with Crippen molar-refractivity contribution < 1.29 is 23.9 Å². The lowest BCUT2D eigenvalue weighted by Gasteiger charge is -2.14. The van der Waals surface area contributed by atoms with Gasteiger partial charge in [-0.15, -0.1) is 0 Å². The van der Waals surface area contributed by atoms with Crippen LogP contribution >= 0.6 is 8.53 Å². The van der Waals surface area contributed by atoms with E-state index in [1.807, 2.05) is 13.8 Å². The van der Waals surface area contributed by atoms with Crippen LogP contribution in [0.4, 0.5) is 5.69 Å². The van der Waals surface area contributed by atoms with Crippen molar-refractivity contribution in [1.29, 1.82) is 0 Å². The summed E-state index contributed by atoms with van der Waals surface area (Å²) in [5, 5.41) is 13.0. The van der Waals surface area contributed by atoms with Crippen molar-refractivity contribution in [2.75, 3.05) is 13.2 Å². The van der Waals surface area contributed by atoms with Crippen molar-refractivity contribution in [2.24, 2.45) is 5.92 Å². The molecule has 23 heavy (non-hydrogen) atoms. The fraction of sp³-hybridized carbons (Fsp3) is 0.500. The molecule has 2 N–H and O–H groups in total. The maximum Gasteiger partial charge on any atom is 0.320 e. The molecule has 0 heterocycles. The highest BCUT2D eigenvalue weighted by Crippen LogP contribution is 2.30. The van der Waals surface area contributed by atoms with Gasteiger partial charge in [-0.1, -0.05) is 26.7 Å². The molecular formula is C14H21N2O6P. The SMILES string of the molecule is CCC(CC)COC(=O)CNP(O)Oc1ccc([N+](=O)[O-])cc1. The minimum absolute atomic E-state index is 0.0717. The molecule has 128 valence electrons. The maximum atomic E-state index is 11.5. The van der Waals surface area contributed by atoms with Crippen LogP contribution in [-0.4, -0.2) is 28.9 Å². The first kappa shape index (κ1) is 19.3. The third-order valence-electron chi connectivity index (χ3n) is 3.23. The zero-order valence-electron chi connectivity index (χ0n) is 13.1. The molecule has 0 aliphatic rings. The summed E-state index contributed by atoms with van der Waals surface area (Å²) in [7, 11) is -2.07. The van der Waals surface area contributed by atoms with Crippen LogP contribution in [0.2, 0.25) is 0 Å². The smallest absolute Gasteiger partial charge is 0.320 e. The molecular weight excluding hydrogens is 323 g/mol. The number of nitro benzene ring substituents is 1. The van der Waals surface area contributed by atoms with Crippen molar-refractivity contribution in [3.63, 3.8) is 0 Å². The number of nitrogens with one attached hydrogen (secondary N) is 1. The quantitative estimate of drug-likeness (QED) is 0.290. The summed E-state index contributed by atoms with van der Waals surface area (Å²) >= 11 is 0. The van der Waals surface area contributed by atoms with E-state index < -0.39 is 19.4 Å². The summed E-state index contributed by atoms with van der Waals surface area (Å²) in [6.45, 7) is 4.26. The van der Waals surface area contributed by atoms with Crippen LogP contribution < -0.4 is 9.61 Å². The van der Waals surface area contributed by atoms with E-state index in [2.05, 4.69) is 5.09 Å². The molecule has 0 aromatic heterocycles. The number of hydrogen-bond acceptors (Lipinski definition) is 7. The minimum atomic E-state index is -2.07. The van der Waals surface area contributed by atoms with E-state index in [0.29, 0.717) is 12.5 Å². The Kier molecular flexibility index (Phi) is 8.47. The molecule has 0 aliphatic heterocycles. The summed E-state index contributed by atoms with van der Waals surface area (Å²) in [6, 6.07) is 5.28. The summed E-state index contributed by atoms with van der Waals surface area (Å²) < 4.78 is 10.2. The molecule has 0 fully saturated rings. The van der Waals surface area contributed by atoms with Gasteiger partial charge in [-0.2, -0.15) is 0 Å². The van der Waals surface area contributed by atoms with Gasteiger partial charge in [0, 0.05) is 12.1 Å². The molecule has 1 aromatic carbocycles. The largest absolute Gasteiger partial charge is 0.464 e. The summed E-state index contributed by atoms with van der Waals surface area (Å²) in [6.07, 6.45) is 1.88. The average Bonchev–Trinajstić information content (AvgIpc) is 2.54. The molecule has 1 atom stereocenters. The van der Waals surface area contributed by atoms with Crippen molar-refractivity contribution in [3.8, 4) is 5.75 Å². The van der Waals surface area contributed by atoms with E-state index in [1.54, 1.807) is 0 Å². The van der Waals surface area contributed by atoms with E-state index in [0.717, 1.165) is 12.8 Å². The van der Waals surface area contributed by atoms with Gasteiger partial charge in [-0.05, 0) is 18.1 Å². The van der Waals surface area contributed by atoms with E-state index >= 15 is 0 Å². The third-order valence-corrected chi connectivity index (χ3v) is 4.05. The lowest BCUT2D eigenvalue weighted by atomic mass is 10.1. The number of nitrogens with zero attached hydrogens (tertiary/aromatic N) is 1. The first-order chi connectivity index (χ1) is 11.0. The van der Waals surface area contributed by atoms with Gasteiger partial charge < -0.3 is 14.2 Å². The number of carbonyl (C=O) groups is 1. The fourth-order valence-corrected chi connectivity index (χ4v) is 2.33. The van der Waals surface area contributed by atoms with Crippen LogP contribution in [-0.2, 0) is 9.53 Å². The molecule has 8 nitrogen and oxygen atoms in total. The van der Waals surface area contributed by atoms with Gasteiger partial charge in [-0.25, -0.2) is 5.09 Å². The molecule has 1 aromatic rings. The average molecular weight is 344 g/mol. The lowest BCUT2D eigenvalue weighted by molar-refractivity contribution is -0.384. The van der Waals surface area contributed by atoms with Crippen LogP contribution in [0.15, 0.2) is 24.3 Å². The highest BCUT2D eigenvalue weighted by Gasteiger charge is 2.13. The molecule has 0 saturated heterocycles. The van der Waals surface area contributed by atoms with Crippen LogP contribution in [0.25, 0.3) is 0 Å². The standard InChI is InChI=1S/C14H21N2O6P/c1-3-11(4-2)10-21-14(17)9-15-23(20)22-13-7-5-12(6-8-13)16(18)19/h5-8,11,15,20H,3-4,9-10H2,1-2H3. The number of ether oxygens (including phenoxy) is 1. The summed E-state index contributed by atoms with van der Waals surface area (Å²) in [4.78, 5) is 31.2. The number of nitro groups is 1. The number of benzene rings is 1. The number of carbonyl (C=O) groups excluding carboxylic acids is 1. The molecule has 0 radical (unpaired) electrons. The van der Waals surface area contributed by atoms with Crippen LogP contribution in [0.5, 0.6) is 5.75 Å². The van der Waals surface area contributed by atoms with E-state index in [4.69, 9.17) is 9.26 Å².